The fraction of sp³-hybridized carbons (Fsp3) is 0.174. The number of amides is 1. The number of rotatable bonds is 7. The van der Waals surface area contributed by atoms with E-state index >= 15 is 0 Å². The highest BCUT2D eigenvalue weighted by atomic mass is 35.5. The molecular formula is C23H22ClFN2O3S. The van der Waals surface area contributed by atoms with Gasteiger partial charge in [-0.2, -0.15) is 0 Å². The molecule has 0 spiro atoms. The van der Waals surface area contributed by atoms with Gasteiger partial charge in [-0.25, -0.2) is 12.8 Å². The van der Waals surface area contributed by atoms with Crippen molar-refractivity contribution in [2.24, 2.45) is 0 Å². The number of anilines is 1. The topological polar surface area (TPSA) is 66.5 Å². The van der Waals surface area contributed by atoms with E-state index < -0.39 is 21.7 Å². The lowest BCUT2D eigenvalue weighted by atomic mass is 10.0. The van der Waals surface area contributed by atoms with Crippen molar-refractivity contribution in [1.29, 1.82) is 0 Å². The van der Waals surface area contributed by atoms with Gasteiger partial charge in [-0.15, -0.1) is 0 Å². The molecule has 0 saturated carbocycles. The Morgan fingerprint density at radius 1 is 1.06 bits per heavy atom. The first-order chi connectivity index (χ1) is 14.7. The normalized spacial score (nSPS) is 12.3. The highest BCUT2D eigenvalue weighted by molar-refractivity contribution is 7.92. The standard InChI is InChI=1S/C23H22ClFN2O3S/c1-16(17-6-4-3-5-7-17)15-26-23(28)21-14-20(12-13-22(21)24)31(29,30)27(2)19-10-8-18(25)9-11-19/h3-14,16H,15H2,1-2H3,(H,26,28). The summed E-state index contributed by atoms with van der Waals surface area (Å²) in [6.07, 6.45) is 0. The van der Waals surface area contributed by atoms with Gasteiger partial charge < -0.3 is 5.32 Å². The van der Waals surface area contributed by atoms with Crippen LogP contribution in [0.25, 0.3) is 0 Å². The van der Waals surface area contributed by atoms with Crippen LogP contribution < -0.4 is 9.62 Å². The summed E-state index contributed by atoms with van der Waals surface area (Å²) in [7, 11) is -2.62. The number of halogens is 2. The average Bonchev–Trinajstić information content (AvgIpc) is 2.78. The first-order valence-corrected chi connectivity index (χ1v) is 11.4. The number of benzene rings is 3. The van der Waals surface area contributed by atoms with Crippen LogP contribution in [0.1, 0.15) is 28.8 Å². The molecule has 3 aromatic rings. The van der Waals surface area contributed by atoms with Crippen molar-refractivity contribution in [1.82, 2.24) is 5.32 Å². The van der Waals surface area contributed by atoms with Crippen molar-refractivity contribution in [3.8, 4) is 0 Å². The number of hydrogen-bond donors (Lipinski definition) is 1. The van der Waals surface area contributed by atoms with E-state index in [9.17, 15) is 17.6 Å². The maximum atomic E-state index is 13.2. The van der Waals surface area contributed by atoms with Crippen LogP contribution in [0.4, 0.5) is 10.1 Å². The number of carbonyl (C=O) groups excluding carboxylic acids is 1. The molecule has 31 heavy (non-hydrogen) atoms. The van der Waals surface area contributed by atoms with E-state index in [4.69, 9.17) is 11.6 Å². The molecule has 5 nitrogen and oxygen atoms in total. The molecule has 3 aromatic carbocycles. The Morgan fingerprint density at radius 2 is 1.71 bits per heavy atom. The molecule has 162 valence electrons. The number of nitrogens with one attached hydrogen (secondary N) is 1. The Labute approximate surface area is 186 Å². The van der Waals surface area contributed by atoms with Crippen molar-refractivity contribution < 1.29 is 17.6 Å². The van der Waals surface area contributed by atoms with E-state index in [0.717, 1.165) is 9.87 Å². The van der Waals surface area contributed by atoms with Crippen molar-refractivity contribution in [2.75, 3.05) is 17.9 Å². The van der Waals surface area contributed by atoms with E-state index in [1.807, 2.05) is 37.3 Å². The summed E-state index contributed by atoms with van der Waals surface area (Å²) in [6.45, 7) is 2.35. The van der Waals surface area contributed by atoms with Gasteiger partial charge in [0.1, 0.15) is 5.82 Å². The molecular weight excluding hydrogens is 439 g/mol. The van der Waals surface area contributed by atoms with Gasteiger partial charge in [0.15, 0.2) is 0 Å². The van der Waals surface area contributed by atoms with E-state index in [2.05, 4.69) is 5.32 Å². The molecule has 0 aromatic heterocycles. The Bertz CT molecular complexity index is 1170. The van der Waals surface area contributed by atoms with Gasteiger partial charge in [0.2, 0.25) is 0 Å². The highest BCUT2D eigenvalue weighted by Crippen LogP contribution is 2.26. The lowest BCUT2D eigenvalue weighted by Gasteiger charge is -2.20. The van der Waals surface area contributed by atoms with Gasteiger partial charge >= 0.3 is 0 Å². The quantitative estimate of drug-likeness (QED) is 0.548. The van der Waals surface area contributed by atoms with Crippen LogP contribution in [0.15, 0.2) is 77.7 Å². The summed E-state index contributed by atoms with van der Waals surface area (Å²) in [4.78, 5) is 12.6. The zero-order valence-electron chi connectivity index (χ0n) is 17.0. The van der Waals surface area contributed by atoms with Gasteiger partial charge in [-0.3, -0.25) is 9.10 Å². The molecule has 0 radical (unpaired) electrons. The summed E-state index contributed by atoms with van der Waals surface area (Å²) < 4.78 is 40.2. The molecule has 0 aliphatic rings. The monoisotopic (exact) mass is 460 g/mol. The lowest BCUT2D eigenvalue weighted by Crippen LogP contribution is -2.29. The van der Waals surface area contributed by atoms with Gasteiger partial charge in [-0.1, -0.05) is 48.9 Å². The average molecular weight is 461 g/mol. The van der Waals surface area contributed by atoms with Gasteiger partial charge in [0, 0.05) is 13.6 Å². The molecule has 3 rings (SSSR count). The molecule has 0 saturated heterocycles. The number of nitrogens with zero attached hydrogens (tertiary/aromatic N) is 1. The van der Waals surface area contributed by atoms with Crippen LogP contribution in [0.5, 0.6) is 0 Å². The molecule has 8 heteroatoms. The summed E-state index contributed by atoms with van der Waals surface area (Å²) >= 11 is 6.18. The summed E-state index contributed by atoms with van der Waals surface area (Å²) in [5.74, 6) is -0.862. The Hall–Kier alpha value is -2.90. The van der Waals surface area contributed by atoms with Gasteiger partial charge in [-0.05, 0) is 53.9 Å². The number of sulfonamides is 1. The Kier molecular flexibility index (Phi) is 6.97. The largest absolute Gasteiger partial charge is 0.351 e. The van der Waals surface area contributed by atoms with Crippen molar-refractivity contribution in [3.63, 3.8) is 0 Å². The smallest absolute Gasteiger partial charge is 0.264 e. The second kappa shape index (κ2) is 9.49. The van der Waals surface area contributed by atoms with E-state index in [0.29, 0.717) is 12.2 Å². The summed E-state index contributed by atoms with van der Waals surface area (Å²) in [6, 6.07) is 18.8. The first-order valence-electron chi connectivity index (χ1n) is 9.57. The molecule has 0 fully saturated rings. The maximum Gasteiger partial charge on any atom is 0.264 e. The molecule has 0 bridgehead atoms. The van der Waals surface area contributed by atoms with E-state index in [1.165, 1.54) is 49.5 Å². The van der Waals surface area contributed by atoms with Crippen LogP contribution in [-0.4, -0.2) is 27.9 Å². The van der Waals surface area contributed by atoms with Crippen molar-refractivity contribution >= 4 is 33.2 Å². The Balaban J connectivity index is 1.80. The third kappa shape index (κ3) is 5.24. The predicted octanol–water partition coefficient (Wildman–Crippen LogP) is 4.84. The second-order valence-corrected chi connectivity index (χ2v) is 9.49. The second-order valence-electron chi connectivity index (χ2n) is 7.11. The molecule has 1 amide bonds. The SMILES string of the molecule is CC(CNC(=O)c1cc(S(=O)(=O)N(C)c2ccc(F)cc2)ccc1Cl)c1ccccc1. The number of hydrogen-bond acceptors (Lipinski definition) is 3. The fourth-order valence-corrected chi connectivity index (χ4v) is 4.45. The maximum absolute atomic E-state index is 13.2. The van der Waals surface area contributed by atoms with Crippen molar-refractivity contribution in [3.05, 3.63) is 94.8 Å². The van der Waals surface area contributed by atoms with E-state index in [-0.39, 0.29) is 21.4 Å². The zero-order valence-corrected chi connectivity index (χ0v) is 18.6. The van der Waals surface area contributed by atoms with Crippen LogP contribution in [0.3, 0.4) is 0 Å². The third-order valence-electron chi connectivity index (χ3n) is 4.97. The Morgan fingerprint density at radius 3 is 2.35 bits per heavy atom. The molecule has 1 N–H and O–H groups in total. The van der Waals surface area contributed by atoms with Crippen LogP contribution >= 0.6 is 11.6 Å². The molecule has 0 aliphatic carbocycles. The molecule has 1 atom stereocenters. The van der Waals surface area contributed by atoms with Gasteiger partial charge in [0.05, 0.1) is 21.2 Å². The highest BCUT2D eigenvalue weighted by Gasteiger charge is 2.24. The van der Waals surface area contributed by atoms with Crippen LogP contribution in [-0.2, 0) is 10.0 Å². The fourth-order valence-electron chi connectivity index (χ4n) is 3.03. The summed E-state index contributed by atoms with van der Waals surface area (Å²) in [5.41, 5.74) is 1.43. The van der Waals surface area contributed by atoms with E-state index in [1.54, 1.807) is 0 Å². The minimum Gasteiger partial charge on any atom is -0.351 e. The molecule has 0 heterocycles. The predicted molar refractivity (Wildman–Crippen MR) is 121 cm³/mol. The van der Waals surface area contributed by atoms with Crippen LogP contribution in [0, 0.1) is 5.82 Å². The minimum atomic E-state index is -3.98. The minimum absolute atomic E-state index is 0.0653. The van der Waals surface area contributed by atoms with Crippen LogP contribution in [0.2, 0.25) is 5.02 Å². The first kappa shape index (κ1) is 22.8. The zero-order chi connectivity index (χ0) is 22.6. The van der Waals surface area contributed by atoms with Gasteiger partial charge in [0.25, 0.3) is 15.9 Å². The summed E-state index contributed by atoms with van der Waals surface area (Å²) in [5, 5.41) is 2.96. The lowest BCUT2D eigenvalue weighted by molar-refractivity contribution is 0.0951. The third-order valence-corrected chi connectivity index (χ3v) is 7.08. The number of carbonyl (C=O) groups is 1. The van der Waals surface area contributed by atoms with Crippen molar-refractivity contribution in [2.45, 2.75) is 17.7 Å². The molecule has 0 aliphatic heterocycles. The molecule has 1 unspecified atom stereocenters.